The Hall–Kier alpha value is -3.24. The molecule has 0 radical (unpaired) electrons. The minimum absolute atomic E-state index is 0.0582. The highest BCUT2D eigenvalue weighted by atomic mass is 35.5. The highest BCUT2D eigenvalue weighted by Crippen LogP contribution is 2.35. The topological polar surface area (TPSA) is 102 Å². The number of urea groups is 1. The first kappa shape index (κ1) is 22.9. The Morgan fingerprint density at radius 2 is 1.64 bits per heavy atom. The van der Waals surface area contributed by atoms with Gasteiger partial charge in [0, 0.05) is 27.1 Å². The van der Waals surface area contributed by atoms with E-state index in [9.17, 15) is 18.4 Å². The van der Waals surface area contributed by atoms with Crippen LogP contribution >= 0.6 is 34.8 Å². The van der Waals surface area contributed by atoms with Crippen LogP contribution in [0.2, 0.25) is 15.1 Å². The molecule has 7 nitrogen and oxygen atoms in total. The summed E-state index contributed by atoms with van der Waals surface area (Å²) in [6.07, 6.45) is 0. The highest BCUT2D eigenvalue weighted by molar-refractivity contribution is 6.33. The maximum Gasteiger partial charge on any atom is 0.335 e. The van der Waals surface area contributed by atoms with Gasteiger partial charge >= 0.3 is 6.03 Å². The van der Waals surface area contributed by atoms with Gasteiger partial charge in [-0.25, -0.2) is 24.1 Å². The molecule has 0 bridgehead atoms. The molecule has 4 N–H and O–H groups in total. The Balaban J connectivity index is 1.90. The van der Waals surface area contributed by atoms with Crippen LogP contribution in [0.25, 0.3) is 27.8 Å². The summed E-state index contributed by atoms with van der Waals surface area (Å²) in [6, 6.07) is 9.88. The third-order valence-corrected chi connectivity index (χ3v) is 5.47. The van der Waals surface area contributed by atoms with Crippen LogP contribution in [0.15, 0.2) is 48.5 Å². The van der Waals surface area contributed by atoms with Crippen molar-refractivity contribution in [1.29, 1.82) is 0 Å². The summed E-state index contributed by atoms with van der Waals surface area (Å²) in [6.45, 7) is 0. The van der Waals surface area contributed by atoms with Crippen LogP contribution in [0.1, 0.15) is 10.4 Å². The molecule has 0 atom stereocenters. The Labute approximate surface area is 200 Å². The lowest BCUT2D eigenvalue weighted by molar-refractivity contribution is 0.0960. The van der Waals surface area contributed by atoms with Crippen LogP contribution in [-0.4, -0.2) is 21.7 Å². The first-order chi connectivity index (χ1) is 15.7. The molecule has 0 aliphatic heterocycles. The molecular formula is C21H12Cl3F2N5O2. The van der Waals surface area contributed by atoms with Crippen LogP contribution in [0, 0.1) is 11.6 Å². The lowest BCUT2D eigenvalue weighted by atomic mass is 10.1. The highest BCUT2D eigenvalue weighted by Gasteiger charge is 2.22. The fourth-order valence-corrected chi connectivity index (χ4v) is 3.81. The molecule has 4 rings (SSSR count). The van der Waals surface area contributed by atoms with E-state index in [1.165, 1.54) is 16.8 Å². The number of fused-ring (bicyclic) bond motifs is 1. The van der Waals surface area contributed by atoms with E-state index in [0.29, 0.717) is 15.9 Å². The number of amides is 3. The normalized spacial score (nSPS) is 11.0. The molecular weight excluding hydrogens is 499 g/mol. The summed E-state index contributed by atoms with van der Waals surface area (Å²) in [5.74, 6) is 2.27. The Bertz CT molecular complexity index is 1440. The molecule has 0 aliphatic carbocycles. The number of halogens is 5. The van der Waals surface area contributed by atoms with Crippen molar-refractivity contribution in [2.45, 2.75) is 0 Å². The van der Waals surface area contributed by atoms with Crippen molar-refractivity contribution in [3.8, 4) is 16.9 Å². The van der Waals surface area contributed by atoms with Gasteiger partial charge in [0.2, 0.25) is 0 Å². The molecule has 0 fully saturated rings. The molecule has 0 unspecified atom stereocenters. The monoisotopic (exact) mass is 509 g/mol. The van der Waals surface area contributed by atoms with E-state index < -0.39 is 29.1 Å². The second kappa shape index (κ2) is 8.95. The van der Waals surface area contributed by atoms with E-state index >= 15 is 0 Å². The molecule has 1 heterocycles. The summed E-state index contributed by atoms with van der Waals surface area (Å²) in [7, 11) is 0. The van der Waals surface area contributed by atoms with Gasteiger partial charge in [-0.3, -0.25) is 15.5 Å². The molecule has 0 aliphatic rings. The Morgan fingerprint density at radius 3 is 2.33 bits per heavy atom. The molecule has 168 valence electrons. The van der Waals surface area contributed by atoms with Crippen molar-refractivity contribution in [2.24, 2.45) is 5.84 Å². The van der Waals surface area contributed by atoms with Crippen LogP contribution in [0.4, 0.5) is 13.6 Å². The molecule has 0 saturated carbocycles. The van der Waals surface area contributed by atoms with Gasteiger partial charge in [-0.2, -0.15) is 5.10 Å². The predicted octanol–water partition coefficient (Wildman–Crippen LogP) is 5.24. The maximum absolute atomic E-state index is 14.8. The first-order valence-corrected chi connectivity index (χ1v) is 10.3. The second-order valence-corrected chi connectivity index (χ2v) is 8.04. The van der Waals surface area contributed by atoms with Gasteiger partial charge in [0.25, 0.3) is 5.91 Å². The summed E-state index contributed by atoms with van der Waals surface area (Å²) in [5, 5.41) is 7.28. The number of imide groups is 1. The number of rotatable bonds is 3. The maximum atomic E-state index is 14.8. The van der Waals surface area contributed by atoms with Gasteiger partial charge in [-0.1, -0.05) is 34.8 Å². The number of nitrogens with zero attached hydrogens (tertiary/aromatic N) is 2. The van der Waals surface area contributed by atoms with Gasteiger partial charge in [0.1, 0.15) is 17.3 Å². The molecule has 33 heavy (non-hydrogen) atoms. The number of carbonyl (C=O) groups is 2. The lowest BCUT2D eigenvalue weighted by Crippen LogP contribution is -2.43. The quantitative estimate of drug-likeness (QED) is 0.199. The smallest absolute Gasteiger partial charge is 0.276 e. The van der Waals surface area contributed by atoms with Crippen LogP contribution in [0.5, 0.6) is 0 Å². The van der Waals surface area contributed by atoms with E-state index in [-0.39, 0.29) is 27.0 Å². The van der Waals surface area contributed by atoms with Crippen molar-refractivity contribution in [2.75, 3.05) is 0 Å². The van der Waals surface area contributed by atoms with Gasteiger partial charge in [-0.05, 0) is 42.5 Å². The van der Waals surface area contributed by atoms with Crippen LogP contribution in [-0.2, 0) is 0 Å². The molecule has 3 aromatic carbocycles. The zero-order valence-electron chi connectivity index (χ0n) is 16.3. The van der Waals surface area contributed by atoms with Crippen molar-refractivity contribution >= 4 is 57.6 Å². The summed E-state index contributed by atoms with van der Waals surface area (Å²) in [4.78, 5) is 23.4. The average molecular weight is 511 g/mol. The van der Waals surface area contributed by atoms with Crippen LogP contribution in [0.3, 0.4) is 0 Å². The van der Waals surface area contributed by atoms with E-state index in [4.69, 9.17) is 40.6 Å². The van der Waals surface area contributed by atoms with E-state index in [1.54, 1.807) is 23.6 Å². The van der Waals surface area contributed by atoms with E-state index in [2.05, 4.69) is 5.10 Å². The van der Waals surface area contributed by atoms with Crippen LogP contribution < -0.4 is 16.6 Å². The van der Waals surface area contributed by atoms with Crippen molar-refractivity contribution in [3.05, 3.63) is 80.8 Å². The number of carbonyl (C=O) groups excluding carboxylic acids is 2. The van der Waals surface area contributed by atoms with E-state index in [1.807, 2.05) is 5.32 Å². The number of hydrogen-bond donors (Lipinski definition) is 3. The zero-order valence-corrected chi connectivity index (χ0v) is 18.6. The number of hydrogen-bond acceptors (Lipinski definition) is 4. The molecule has 12 heteroatoms. The van der Waals surface area contributed by atoms with Gasteiger partial charge < -0.3 is 0 Å². The molecule has 1 aromatic heterocycles. The Morgan fingerprint density at radius 1 is 0.939 bits per heavy atom. The minimum Gasteiger partial charge on any atom is -0.276 e. The first-order valence-electron chi connectivity index (χ1n) is 9.14. The summed E-state index contributed by atoms with van der Waals surface area (Å²) < 4.78 is 30.8. The summed E-state index contributed by atoms with van der Waals surface area (Å²) in [5.41, 5.74) is 2.09. The van der Waals surface area contributed by atoms with Crippen molar-refractivity contribution < 1.29 is 18.4 Å². The van der Waals surface area contributed by atoms with Gasteiger partial charge in [0.05, 0.1) is 21.8 Å². The third-order valence-electron chi connectivity index (χ3n) is 4.70. The summed E-state index contributed by atoms with van der Waals surface area (Å²) >= 11 is 18.3. The van der Waals surface area contributed by atoms with Gasteiger partial charge in [0.15, 0.2) is 0 Å². The number of nitrogens with two attached hydrogens (primary N) is 1. The largest absolute Gasteiger partial charge is 0.335 e. The standard InChI is InChI=1S/C21H12Cl3F2N5O2/c22-9-2-4-17-13(5-9)19(11-3-1-10(23)6-15(11)25)30-31(17)18-8-16(26)12(7-14(18)24)20(32)28-21(33)29-27/h1-8H,27H2,(H2,28,29,32,33). The second-order valence-electron chi connectivity index (χ2n) is 6.76. The molecule has 4 aromatic rings. The molecule has 3 amide bonds. The lowest BCUT2D eigenvalue weighted by Gasteiger charge is -2.10. The van der Waals surface area contributed by atoms with Crippen molar-refractivity contribution in [1.82, 2.24) is 20.5 Å². The van der Waals surface area contributed by atoms with Gasteiger partial charge in [-0.15, -0.1) is 0 Å². The SMILES string of the molecule is NNC(=O)NC(=O)c1cc(Cl)c(-n2nc(-c3ccc(Cl)cc3F)c3cc(Cl)ccc32)cc1F. The molecule has 0 saturated heterocycles. The fraction of sp³-hybridized carbons (Fsp3) is 0. The number of aromatic nitrogens is 2. The number of hydrazine groups is 1. The zero-order chi connectivity index (χ0) is 23.9. The third kappa shape index (κ3) is 4.36. The van der Waals surface area contributed by atoms with E-state index in [0.717, 1.165) is 18.2 Å². The predicted molar refractivity (Wildman–Crippen MR) is 122 cm³/mol. The molecule has 0 spiro atoms. The average Bonchev–Trinajstić information content (AvgIpc) is 3.13. The number of nitrogens with one attached hydrogen (secondary N) is 2. The Kier molecular flexibility index (Phi) is 6.22. The fourth-order valence-electron chi connectivity index (χ4n) is 3.23. The van der Waals surface area contributed by atoms with Crippen molar-refractivity contribution in [3.63, 3.8) is 0 Å². The minimum atomic E-state index is -1.05. The number of benzene rings is 3.